The Labute approximate surface area is 212 Å². The van der Waals surface area contributed by atoms with Gasteiger partial charge in [-0.3, -0.25) is 13.9 Å². The van der Waals surface area contributed by atoms with Crippen molar-refractivity contribution in [3.63, 3.8) is 0 Å². The highest BCUT2D eigenvalue weighted by atomic mass is 32.2. The highest BCUT2D eigenvalue weighted by Gasteiger charge is 2.22. The van der Waals surface area contributed by atoms with Gasteiger partial charge in [0.2, 0.25) is 15.9 Å². The molecule has 0 saturated carbocycles. The van der Waals surface area contributed by atoms with E-state index < -0.39 is 22.5 Å². The minimum atomic E-state index is -3.75. The van der Waals surface area contributed by atoms with Crippen molar-refractivity contribution in [2.75, 3.05) is 29.0 Å². The van der Waals surface area contributed by atoms with Crippen LogP contribution in [0.2, 0.25) is 0 Å². The van der Waals surface area contributed by atoms with E-state index in [-0.39, 0.29) is 12.0 Å². The summed E-state index contributed by atoms with van der Waals surface area (Å²) >= 11 is 0. The summed E-state index contributed by atoms with van der Waals surface area (Å²) in [6.45, 7) is 3.77. The Morgan fingerprint density at radius 2 is 1.56 bits per heavy atom. The fraction of sp³-hybridized carbons (Fsp3) is 0.259. The second kappa shape index (κ2) is 12.2. The molecule has 0 atom stereocenters. The number of hydrogen-bond acceptors (Lipinski definition) is 5. The first-order valence-corrected chi connectivity index (χ1v) is 13.4. The van der Waals surface area contributed by atoms with Gasteiger partial charge >= 0.3 is 0 Å². The third-order valence-electron chi connectivity index (χ3n) is 5.17. The number of rotatable bonds is 11. The Bertz CT molecular complexity index is 1280. The lowest BCUT2D eigenvalue weighted by molar-refractivity contribution is -0.114. The molecular formula is C27H31N3O5S. The molecule has 36 heavy (non-hydrogen) atoms. The van der Waals surface area contributed by atoms with Gasteiger partial charge in [-0.25, -0.2) is 8.42 Å². The van der Waals surface area contributed by atoms with Gasteiger partial charge in [-0.2, -0.15) is 0 Å². The molecule has 2 N–H and O–H groups in total. The van der Waals surface area contributed by atoms with Crippen LogP contribution in [0.15, 0.2) is 78.9 Å². The molecule has 0 saturated heterocycles. The Morgan fingerprint density at radius 3 is 2.19 bits per heavy atom. The normalized spacial score (nSPS) is 11.1. The van der Waals surface area contributed by atoms with Crippen LogP contribution in [0.25, 0.3) is 0 Å². The number of anilines is 2. The van der Waals surface area contributed by atoms with Crippen LogP contribution in [0.3, 0.4) is 0 Å². The van der Waals surface area contributed by atoms with Crippen molar-refractivity contribution in [3.8, 4) is 5.75 Å². The first-order chi connectivity index (χ1) is 17.1. The summed E-state index contributed by atoms with van der Waals surface area (Å²) < 4.78 is 31.5. The van der Waals surface area contributed by atoms with Gasteiger partial charge in [-0.1, -0.05) is 42.5 Å². The summed E-state index contributed by atoms with van der Waals surface area (Å²) in [7, 11) is -3.75. The van der Waals surface area contributed by atoms with Gasteiger partial charge in [0.05, 0.1) is 29.3 Å². The second-order valence-corrected chi connectivity index (χ2v) is 10.4. The highest BCUT2D eigenvalue weighted by Crippen LogP contribution is 2.23. The Balaban J connectivity index is 1.67. The average molecular weight is 510 g/mol. The lowest BCUT2D eigenvalue weighted by atomic mass is 10.1. The molecule has 0 aromatic heterocycles. The quantitative estimate of drug-likeness (QED) is 0.409. The summed E-state index contributed by atoms with van der Waals surface area (Å²) in [6.07, 6.45) is 1.68. The van der Waals surface area contributed by atoms with Crippen LogP contribution in [0.5, 0.6) is 5.75 Å². The van der Waals surface area contributed by atoms with Gasteiger partial charge in [0, 0.05) is 6.54 Å². The van der Waals surface area contributed by atoms with Crippen molar-refractivity contribution in [1.29, 1.82) is 0 Å². The molecular weight excluding hydrogens is 478 g/mol. The number of amides is 2. The van der Waals surface area contributed by atoms with Crippen molar-refractivity contribution >= 4 is 33.2 Å². The van der Waals surface area contributed by atoms with E-state index >= 15 is 0 Å². The molecule has 0 aliphatic rings. The Hall–Kier alpha value is -3.85. The number of carbonyl (C=O) groups excluding carboxylic acids is 2. The Morgan fingerprint density at radius 1 is 0.917 bits per heavy atom. The number of sulfonamides is 1. The Kier molecular flexibility index (Phi) is 9.08. The molecule has 0 unspecified atom stereocenters. The minimum absolute atomic E-state index is 0.0248. The van der Waals surface area contributed by atoms with Gasteiger partial charge in [0.1, 0.15) is 12.3 Å². The maximum atomic E-state index is 12.9. The first kappa shape index (κ1) is 26.7. The molecule has 0 aliphatic heterocycles. The number of ether oxygens (including phenoxy) is 1. The van der Waals surface area contributed by atoms with Crippen molar-refractivity contribution in [2.24, 2.45) is 0 Å². The maximum Gasteiger partial charge on any atom is 0.253 e. The van der Waals surface area contributed by atoms with Crippen LogP contribution in [0, 0.1) is 0 Å². The van der Waals surface area contributed by atoms with Crippen LogP contribution >= 0.6 is 0 Å². The van der Waals surface area contributed by atoms with Gasteiger partial charge < -0.3 is 15.4 Å². The van der Waals surface area contributed by atoms with E-state index in [1.807, 2.05) is 44.2 Å². The van der Waals surface area contributed by atoms with E-state index in [1.165, 1.54) is 0 Å². The summed E-state index contributed by atoms with van der Waals surface area (Å²) in [5, 5.41) is 5.54. The molecule has 0 bridgehead atoms. The van der Waals surface area contributed by atoms with Gasteiger partial charge in [0.25, 0.3) is 5.91 Å². The maximum absolute atomic E-state index is 12.9. The molecule has 0 spiro atoms. The fourth-order valence-electron chi connectivity index (χ4n) is 3.53. The van der Waals surface area contributed by atoms with Crippen LogP contribution < -0.4 is 19.7 Å². The lowest BCUT2D eigenvalue weighted by Gasteiger charge is -2.22. The van der Waals surface area contributed by atoms with E-state index in [4.69, 9.17) is 4.74 Å². The molecule has 3 rings (SSSR count). The van der Waals surface area contributed by atoms with Crippen molar-refractivity contribution in [2.45, 2.75) is 26.4 Å². The molecule has 3 aromatic carbocycles. The first-order valence-electron chi connectivity index (χ1n) is 11.6. The average Bonchev–Trinajstić information content (AvgIpc) is 2.83. The van der Waals surface area contributed by atoms with E-state index in [0.717, 1.165) is 16.1 Å². The van der Waals surface area contributed by atoms with Crippen LogP contribution in [-0.2, 0) is 21.2 Å². The standard InChI is InChI=1S/C27H31N3O5S/c1-20(2)35-23-15-13-22(14-16-23)30(36(3,33)34)19-26(31)29-25-12-8-7-11-24(25)27(32)28-18-17-21-9-5-4-6-10-21/h4-16,20H,17-19H2,1-3H3,(H,28,32)(H,29,31). The van der Waals surface area contributed by atoms with Gasteiger partial charge in [0.15, 0.2) is 0 Å². The SMILES string of the molecule is CC(C)Oc1ccc(N(CC(=O)Nc2ccccc2C(=O)NCCc2ccccc2)S(C)(=O)=O)cc1. The zero-order valence-corrected chi connectivity index (χ0v) is 21.4. The number of hydrogen-bond donors (Lipinski definition) is 2. The number of nitrogens with zero attached hydrogens (tertiary/aromatic N) is 1. The highest BCUT2D eigenvalue weighted by molar-refractivity contribution is 7.92. The predicted molar refractivity (Wildman–Crippen MR) is 142 cm³/mol. The molecule has 0 fully saturated rings. The number of nitrogens with one attached hydrogen (secondary N) is 2. The molecule has 0 heterocycles. The van der Waals surface area contributed by atoms with Crippen LogP contribution in [0.1, 0.15) is 29.8 Å². The summed E-state index contributed by atoms with van der Waals surface area (Å²) in [4.78, 5) is 25.6. The van der Waals surface area contributed by atoms with Crippen LogP contribution in [0.4, 0.5) is 11.4 Å². The van der Waals surface area contributed by atoms with E-state index in [9.17, 15) is 18.0 Å². The number of carbonyl (C=O) groups is 2. The van der Waals surface area contributed by atoms with Gasteiger partial charge in [-0.05, 0) is 62.2 Å². The van der Waals surface area contributed by atoms with Gasteiger partial charge in [-0.15, -0.1) is 0 Å². The lowest BCUT2D eigenvalue weighted by Crippen LogP contribution is -2.37. The predicted octanol–water partition coefficient (Wildman–Crippen LogP) is 3.85. The summed E-state index contributed by atoms with van der Waals surface area (Å²) in [6, 6.07) is 22.9. The smallest absolute Gasteiger partial charge is 0.253 e. The van der Waals surface area contributed by atoms with Crippen molar-refractivity contribution < 1.29 is 22.7 Å². The van der Waals surface area contributed by atoms with Crippen molar-refractivity contribution in [1.82, 2.24) is 5.32 Å². The second-order valence-electron chi connectivity index (χ2n) is 8.52. The number of para-hydroxylation sites is 1. The zero-order chi connectivity index (χ0) is 26.1. The van der Waals surface area contributed by atoms with Crippen molar-refractivity contribution in [3.05, 3.63) is 90.0 Å². The zero-order valence-electron chi connectivity index (χ0n) is 20.6. The molecule has 8 nitrogen and oxygen atoms in total. The summed E-state index contributed by atoms with van der Waals surface area (Å²) in [5.41, 5.74) is 2.02. The number of benzene rings is 3. The monoisotopic (exact) mass is 509 g/mol. The minimum Gasteiger partial charge on any atom is -0.491 e. The third-order valence-corrected chi connectivity index (χ3v) is 6.31. The van der Waals surface area contributed by atoms with E-state index in [2.05, 4.69) is 10.6 Å². The molecule has 9 heteroatoms. The topological polar surface area (TPSA) is 105 Å². The van der Waals surface area contributed by atoms with E-state index in [0.29, 0.717) is 35.7 Å². The fourth-order valence-corrected chi connectivity index (χ4v) is 4.39. The summed E-state index contributed by atoms with van der Waals surface area (Å²) in [5.74, 6) is -0.311. The van der Waals surface area contributed by atoms with E-state index in [1.54, 1.807) is 48.5 Å². The largest absolute Gasteiger partial charge is 0.491 e. The molecule has 190 valence electrons. The molecule has 2 amide bonds. The molecule has 3 aromatic rings. The molecule has 0 aliphatic carbocycles. The molecule has 0 radical (unpaired) electrons. The van der Waals surface area contributed by atoms with Crippen LogP contribution in [-0.4, -0.2) is 45.7 Å². The third kappa shape index (κ3) is 7.84.